The fourth-order valence-corrected chi connectivity index (χ4v) is 3.03. The van der Waals surface area contributed by atoms with Crippen LogP contribution >= 0.6 is 11.6 Å². The summed E-state index contributed by atoms with van der Waals surface area (Å²) < 4.78 is 0. The number of carbonyl (C=O) groups excluding carboxylic acids is 2. The summed E-state index contributed by atoms with van der Waals surface area (Å²) in [5.41, 5.74) is 2.98. The first-order valence-corrected chi connectivity index (χ1v) is 10.1. The van der Waals surface area contributed by atoms with E-state index in [9.17, 15) is 9.59 Å². The Hall–Kier alpha value is -2.33. The van der Waals surface area contributed by atoms with Gasteiger partial charge in [0.15, 0.2) is 0 Å². The zero-order chi connectivity index (χ0) is 20.7. The summed E-state index contributed by atoms with van der Waals surface area (Å²) in [7, 11) is 0. The minimum atomic E-state index is -0.568. The molecule has 0 saturated heterocycles. The summed E-state index contributed by atoms with van der Waals surface area (Å²) in [6, 6.07) is 14.7. The fraction of sp³-hybridized carbons (Fsp3) is 0.391. The highest BCUT2D eigenvalue weighted by atomic mass is 35.5. The molecule has 5 heteroatoms. The Balaban J connectivity index is 2.23. The highest BCUT2D eigenvalue weighted by Gasteiger charge is 2.27. The van der Waals surface area contributed by atoms with Crippen LogP contribution in [0.15, 0.2) is 48.5 Å². The van der Waals surface area contributed by atoms with Crippen LogP contribution in [0.4, 0.5) is 0 Å². The Kier molecular flexibility index (Phi) is 8.06. The maximum Gasteiger partial charge on any atom is 0.242 e. The van der Waals surface area contributed by atoms with E-state index in [1.165, 1.54) is 0 Å². The van der Waals surface area contributed by atoms with Crippen LogP contribution in [0.1, 0.15) is 43.9 Å². The zero-order valence-electron chi connectivity index (χ0n) is 17.0. The van der Waals surface area contributed by atoms with Gasteiger partial charge in [0.2, 0.25) is 11.8 Å². The molecule has 150 valence electrons. The molecule has 2 rings (SSSR count). The molecule has 2 atom stereocenters. The lowest BCUT2D eigenvalue weighted by Crippen LogP contribution is -2.49. The second-order valence-corrected chi connectivity index (χ2v) is 7.68. The second kappa shape index (κ2) is 10.3. The fourth-order valence-electron chi connectivity index (χ4n) is 2.91. The lowest BCUT2D eigenvalue weighted by atomic mass is 10.0. The van der Waals surface area contributed by atoms with Crippen LogP contribution < -0.4 is 5.32 Å². The summed E-state index contributed by atoms with van der Waals surface area (Å²) in [4.78, 5) is 27.5. The summed E-state index contributed by atoms with van der Waals surface area (Å²) in [5, 5.41) is 3.62. The minimum Gasteiger partial charge on any atom is -0.352 e. The van der Waals surface area contributed by atoms with E-state index in [1.807, 2.05) is 57.2 Å². The molecule has 28 heavy (non-hydrogen) atoms. The molecule has 0 aliphatic heterocycles. The normalized spacial score (nSPS) is 12.9. The smallest absolute Gasteiger partial charge is 0.242 e. The first-order valence-electron chi connectivity index (χ1n) is 9.70. The molecule has 0 aliphatic rings. The number of benzene rings is 2. The molecule has 0 unspecified atom stereocenters. The molecule has 0 saturated carbocycles. The molecule has 0 bridgehead atoms. The molecule has 1 N–H and O–H groups in total. The summed E-state index contributed by atoms with van der Waals surface area (Å²) in [6.45, 7) is 8.11. The van der Waals surface area contributed by atoms with Crippen LogP contribution in [0, 0.1) is 6.92 Å². The van der Waals surface area contributed by atoms with E-state index >= 15 is 0 Å². The van der Waals surface area contributed by atoms with E-state index in [4.69, 9.17) is 11.6 Å². The number of aryl methyl sites for hydroxylation is 1. The number of halogens is 1. The first-order chi connectivity index (χ1) is 13.3. The van der Waals surface area contributed by atoms with E-state index < -0.39 is 6.04 Å². The van der Waals surface area contributed by atoms with Crippen LogP contribution in [0.25, 0.3) is 0 Å². The summed E-state index contributed by atoms with van der Waals surface area (Å²) in [5.74, 6) is -0.211. The van der Waals surface area contributed by atoms with Crippen LogP contribution in [0.5, 0.6) is 0 Å². The Morgan fingerprint density at radius 1 is 1.07 bits per heavy atom. The average Bonchev–Trinajstić information content (AvgIpc) is 2.68. The van der Waals surface area contributed by atoms with Gasteiger partial charge in [-0.25, -0.2) is 0 Å². The third kappa shape index (κ3) is 6.10. The molecule has 0 heterocycles. The van der Waals surface area contributed by atoms with Gasteiger partial charge in [-0.2, -0.15) is 0 Å². The third-order valence-corrected chi connectivity index (χ3v) is 5.29. The van der Waals surface area contributed by atoms with Crippen LogP contribution in [0.2, 0.25) is 5.02 Å². The third-order valence-electron chi connectivity index (χ3n) is 5.04. The monoisotopic (exact) mass is 400 g/mol. The molecule has 0 aromatic heterocycles. The predicted octanol–water partition coefficient (Wildman–Crippen LogP) is 4.52. The average molecular weight is 401 g/mol. The Bertz CT molecular complexity index is 805. The highest BCUT2D eigenvalue weighted by Crippen LogP contribution is 2.16. The SMILES string of the molecule is CC[C@@H](C)NC(=O)[C@@H](C)N(Cc1ccc(Cl)cc1)C(=O)Cc1ccccc1C. The molecule has 0 fully saturated rings. The van der Waals surface area contributed by atoms with Crippen molar-refractivity contribution < 1.29 is 9.59 Å². The molecular weight excluding hydrogens is 372 g/mol. The first kappa shape index (κ1) is 22.0. The van der Waals surface area contributed by atoms with Crippen molar-refractivity contribution in [1.82, 2.24) is 10.2 Å². The molecule has 2 amide bonds. The second-order valence-electron chi connectivity index (χ2n) is 7.25. The number of amides is 2. The number of hydrogen-bond acceptors (Lipinski definition) is 2. The number of hydrogen-bond donors (Lipinski definition) is 1. The van der Waals surface area contributed by atoms with Crippen molar-refractivity contribution in [2.45, 2.75) is 59.2 Å². The van der Waals surface area contributed by atoms with Crippen molar-refractivity contribution in [1.29, 1.82) is 0 Å². The molecule has 0 aliphatic carbocycles. The van der Waals surface area contributed by atoms with Crippen molar-refractivity contribution in [3.05, 3.63) is 70.2 Å². The van der Waals surface area contributed by atoms with Crippen LogP contribution in [-0.4, -0.2) is 28.8 Å². The minimum absolute atomic E-state index is 0.0683. The zero-order valence-corrected chi connectivity index (χ0v) is 17.8. The Morgan fingerprint density at radius 2 is 1.71 bits per heavy atom. The van der Waals surface area contributed by atoms with Gasteiger partial charge in [-0.1, -0.05) is 54.9 Å². The maximum atomic E-state index is 13.2. The molecule has 4 nitrogen and oxygen atoms in total. The van der Waals surface area contributed by atoms with Gasteiger partial charge in [-0.15, -0.1) is 0 Å². The molecule has 0 spiro atoms. The topological polar surface area (TPSA) is 49.4 Å². The standard InChI is InChI=1S/C23H29ClN2O2/c1-5-17(3)25-23(28)18(4)26(15-19-10-12-21(24)13-11-19)22(27)14-20-9-7-6-8-16(20)2/h6-13,17-18H,5,14-15H2,1-4H3,(H,25,28)/t17-,18-/m1/s1. The van der Waals surface area contributed by atoms with Gasteiger partial charge >= 0.3 is 0 Å². The maximum absolute atomic E-state index is 13.2. The molecule has 2 aromatic carbocycles. The lowest BCUT2D eigenvalue weighted by Gasteiger charge is -2.30. The Labute approximate surface area is 172 Å². The van der Waals surface area contributed by atoms with E-state index in [0.29, 0.717) is 11.6 Å². The van der Waals surface area contributed by atoms with Gasteiger partial charge in [0, 0.05) is 17.6 Å². The number of rotatable bonds is 8. The van der Waals surface area contributed by atoms with Crippen molar-refractivity contribution in [2.24, 2.45) is 0 Å². The quantitative estimate of drug-likeness (QED) is 0.708. The van der Waals surface area contributed by atoms with Gasteiger partial charge in [0.05, 0.1) is 6.42 Å². The van der Waals surface area contributed by atoms with Gasteiger partial charge in [0.25, 0.3) is 0 Å². The predicted molar refractivity (Wildman–Crippen MR) is 114 cm³/mol. The van der Waals surface area contributed by atoms with E-state index in [2.05, 4.69) is 5.32 Å². The highest BCUT2D eigenvalue weighted by molar-refractivity contribution is 6.30. The summed E-state index contributed by atoms with van der Waals surface area (Å²) in [6.07, 6.45) is 1.11. The van der Waals surface area contributed by atoms with Gasteiger partial charge in [-0.3, -0.25) is 9.59 Å². The van der Waals surface area contributed by atoms with Crippen LogP contribution in [-0.2, 0) is 22.6 Å². The van der Waals surface area contributed by atoms with Crippen molar-refractivity contribution in [3.63, 3.8) is 0 Å². The van der Waals surface area contributed by atoms with Crippen molar-refractivity contribution in [3.8, 4) is 0 Å². The molecular formula is C23H29ClN2O2. The largest absolute Gasteiger partial charge is 0.352 e. The van der Waals surface area contributed by atoms with E-state index in [-0.39, 0.29) is 24.3 Å². The van der Waals surface area contributed by atoms with Gasteiger partial charge in [-0.05, 0) is 56.0 Å². The summed E-state index contributed by atoms with van der Waals surface area (Å²) >= 11 is 5.98. The van der Waals surface area contributed by atoms with Crippen LogP contribution in [0.3, 0.4) is 0 Å². The molecule has 2 aromatic rings. The lowest BCUT2D eigenvalue weighted by molar-refractivity contribution is -0.140. The molecule has 0 radical (unpaired) electrons. The number of nitrogens with zero attached hydrogens (tertiary/aromatic N) is 1. The van der Waals surface area contributed by atoms with Gasteiger partial charge in [0.1, 0.15) is 6.04 Å². The van der Waals surface area contributed by atoms with Crippen molar-refractivity contribution in [2.75, 3.05) is 0 Å². The number of carbonyl (C=O) groups is 2. The van der Waals surface area contributed by atoms with Gasteiger partial charge < -0.3 is 10.2 Å². The van der Waals surface area contributed by atoms with E-state index in [0.717, 1.165) is 23.1 Å². The number of nitrogens with one attached hydrogen (secondary N) is 1. The van der Waals surface area contributed by atoms with E-state index in [1.54, 1.807) is 24.0 Å². The van der Waals surface area contributed by atoms with Crippen molar-refractivity contribution >= 4 is 23.4 Å². The Morgan fingerprint density at radius 3 is 2.32 bits per heavy atom.